The molecule has 1 aromatic heterocycles. The van der Waals surface area contributed by atoms with Crippen LogP contribution in [0, 0.1) is 11.3 Å². The van der Waals surface area contributed by atoms with Gasteiger partial charge in [-0.05, 0) is 37.3 Å². The number of nitrogens with one attached hydrogen (secondary N) is 2. The Balaban J connectivity index is 1.60. The highest BCUT2D eigenvalue weighted by Crippen LogP contribution is 2.48. The molecule has 1 aromatic rings. The second-order valence-electron chi connectivity index (χ2n) is 6.28. The third kappa shape index (κ3) is 2.91. The molecule has 5 heteroatoms. The van der Waals surface area contributed by atoms with Crippen LogP contribution < -0.4 is 10.9 Å². The Morgan fingerprint density at radius 2 is 1.76 bits per heavy atom. The Bertz CT molecular complexity index is 520. The Morgan fingerprint density at radius 3 is 2.43 bits per heavy atom. The van der Waals surface area contributed by atoms with Crippen molar-refractivity contribution in [1.82, 2.24) is 15.8 Å². The predicted molar refractivity (Wildman–Crippen MR) is 78.1 cm³/mol. The number of pyridine rings is 1. The van der Waals surface area contributed by atoms with Gasteiger partial charge in [0.25, 0.3) is 5.91 Å². The average Bonchev–Trinajstić information content (AvgIpc) is 2.53. The molecule has 2 fully saturated rings. The van der Waals surface area contributed by atoms with Gasteiger partial charge in [0, 0.05) is 18.0 Å². The van der Waals surface area contributed by atoms with E-state index in [-0.39, 0.29) is 17.2 Å². The zero-order valence-corrected chi connectivity index (χ0v) is 12.1. The number of carbonyl (C=O) groups excluding carboxylic acids is 2. The molecule has 0 radical (unpaired) electrons. The lowest BCUT2D eigenvalue weighted by Gasteiger charge is -2.43. The van der Waals surface area contributed by atoms with Crippen LogP contribution in [0.15, 0.2) is 24.5 Å². The SMILES string of the molecule is O=C(NNC(=O)C12CCCC(CCC1)C2)c1ccncc1. The summed E-state index contributed by atoms with van der Waals surface area (Å²) in [4.78, 5) is 28.3. The van der Waals surface area contributed by atoms with Gasteiger partial charge >= 0.3 is 0 Å². The number of rotatable bonds is 2. The van der Waals surface area contributed by atoms with E-state index in [1.165, 1.54) is 12.8 Å². The lowest BCUT2D eigenvalue weighted by atomic mass is 9.61. The van der Waals surface area contributed by atoms with Gasteiger partial charge in [-0.15, -0.1) is 0 Å². The molecule has 0 aromatic carbocycles. The predicted octanol–water partition coefficient (Wildman–Crippen LogP) is 2.20. The number of hydrogen-bond acceptors (Lipinski definition) is 3. The number of nitrogens with zero attached hydrogens (tertiary/aromatic N) is 1. The van der Waals surface area contributed by atoms with Crippen molar-refractivity contribution in [2.75, 3.05) is 0 Å². The fraction of sp³-hybridized carbons (Fsp3) is 0.562. The minimum atomic E-state index is -0.301. The highest BCUT2D eigenvalue weighted by molar-refractivity contribution is 5.95. The van der Waals surface area contributed by atoms with Crippen molar-refractivity contribution >= 4 is 11.8 Å². The molecule has 5 nitrogen and oxygen atoms in total. The molecule has 0 saturated heterocycles. The van der Waals surface area contributed by atoms with Gasteiger partial charge in [0.2, 0.25) is 5.91 Å². The summed E-state index contributed by atoms with van der Waals surface area (Å²) < 4.78 is 0. The molecule has 1 heterocycles. The van der Waals surface area contributed by atoms with Crippen molar-refractivity contribution in [3.05, 3.63) is 30.1 Å². The molecule has 2 N–H and O–H groups in total. The number of aromatic nitrogens is 1. The normalized spacial score (nSPS) is 27.7. The highest BCUT2D eigenvalue weighted by atomic mass is 16.2. The largest absolute Gasteiger partial charge is 0.273 e. The number of hydrogen-bond donors (Lipinski definition) is 2. The number of amides is 2. The fourth-order valence-corrected chi connectivity index (χ4v) is 3.83. The number of hydrazine groups is 1. The zero-order valence-electron chi connectivity index (χ0n) is 12.1. The van der Waals surface area contributed by atoms with E-state index < -0.39 is 0 Å². The van der Waals surface area contributed by atoms with Crippen LogP contribution in [0.4, 0.5) is 0 Å². The Kier molecular flexibility index (Phi) is 3.90. The van der Waals surface area contributed by atoms with Crippen LogP contribution in [-0.2, 0) is 4.79 Å². The maximum absolute atomic E-state index is 12.5. The summed E-state index contributed by atoms with van der Waals surface area (Å²) in [6.07, 6.45) is 10.7. The van der Waals surface area contributed by atoms with E-state index in [2.05, 4.69) is 15.8 Å². The van der Waals surface area contributed by atoms with Crippen molar-refractivity contribution < 1.29 is 9.59 Å². The van der Waals surface area contributed by atoms with E-state index in [1.807, 2.05) is 0 Å². The van der Waals surface area contributed by atoms with E-state index in [0.29, 0.717) is 11.5 Å². The average molecular weight is 287 g/mol. The third-order valence-electron chi connectivity index (χ3n) is 4.93. The summed E-state index contributed by atoms with van der Waals surface area (Å²) in [7, 11) is 0. The molecule has 0 aliphatic heterocycles. The van der Waals surface area contributed by atoms with E-state index in [9.17, 15) is 9.59 Å². The van der Waals surface area contributed by atoms with E-state index in [1.54, 1.807) is 24.5 Å². The van der Waals surface area contributed by atoms with Gasteiger partial charge in [-0.25, -0.2) is 0 Å². The first-order chi connectivity index (χ1) is 10.2. The van der Waals surface area contributed by atoms with Crippen LogP contribution in [0.2, 0.25) is 0 Å². The molecule has 0 unspecified atom stereocenters. The lowest BCUT2D eigenvalue weighted by molar-refractivity contribution is -0.137. The van der Waals surface area contributed by atoms with Crippen LogP contribution in [0.25, 0.3) is 0 Å². The zero-order chi connectivity index (χ0) is 14.7. The van der Waals surface area contributed by atoms with Gasteiger partial charge in [-0.2, -0.15) is 0 Å². The van der Waals surface area contributed by atoms with Crippen LogP contribution >= 0.6 is 0 Å². The number of carbonyl (C=O) groups is 2. The molecule has 0 atom stereocenters. The minimum Gasteiger partial charge on any atom is -0.273 e. The molecule has 0 spiro atoms. The quantitative estimate of drug-likeness (QED) is 0.819. The summed E-state index contributed by atoms with van der Waals surface area (Å²) in [5.41, 5.74) is 5.40. The van der Waals surface area contributed by atoms with Crippen LogP contribution in [0.1, 0.15) is 55.3 Å². The van der Waals surface area contributed by atoms with Crippen molar-refractivity contribution in [2.45, 2.75) is 44.9 Å². The summed E-state index contributed by atoms with van der Waals surface area (Å²) in [5, 5.41) is 0. The molecule has 2 saturated carbocycles. The molecular formula is C16H21N3O2. The monoisotopic (exact) mass is 287 g/mol. The van der Waals surface area contributed by atoms with Crippen LogP contribution in [0.3, 0.4) is 0 Å². The molecule has 3 rings (SSSR count). The summed E-state index contributed by atoms with van der Waals surface area (Å²) >= 11 is 0. The molecule has 2 bridgehead atoms. The van der Waals surface area contributed by atoms with Crippen LogP contribution in [0.5, 0.6) is 0 Å². The standard InChI is InChI=1S/C16H21N3O2/c20-14(13-5-9-17-10-6-13)18-19-15(21)16-7-1-3-12(11-16)4-2-8-16/h5-6,9-10,12H,1-4,7-8,11H2,(H,18,20)(H,19,21). The van der Waals surface area contributed by atoms with Crippen molar-refractivity contribution in [3.8, 4) is 0 Å². The first-order valence-electron chi connectivity index (χ1n) is 7.70. The van der Waals surface area contributed by atoms with Gasteiger partial charge < -0.3 is 0 Å². The summed E-state index contributed by atoms with van der Waals surface area (Å²) in [5.74, 6) is 0.369. The Morgan fingerprint density at radius 1 is 1.10 bits per heavy atom. The van der Waals surface area contributed by atoms with Gasteiger partial charge in [0.1, 0.15) is 0 Å². The van der Waals surface area contributed by atoms with Gasteiger partial charge in [0.15, 0.2) is 0 Å². The minimum absolute atomic E-state index is 0.0192. The molecule has 112 valence electrons. The Hall–Kier alpha value is -1.91. The molecule has 2 aliphatic carbocycles. The topological polar surface area (TPSA) is 71.1 Å². The molecule has 2 aliphatic rings. The first kappa shape index (κ1) is 14.0. The summed E-state index contributed by atoms with van der Waals surface area (Å²) in [6.45, 7) is 0. The van der Waals surface area contributed by atoms with E-state index >= 15 is 0 Å². The summed E-state index contributed by atoms with van der Waals surface area (Å²) in [6, 6.07) is 3.24. The molecule has 2 amide bonds. The second-order valence-corrected chi connectivity index (χ2v) is 6.28. The highest BCUT2D eigenvalue weighted by Gasteiger charge is 2.44. The Labute approximate surface area is 124 Å². The van der Waals surface area contributed by atoms with Gasteiger partial charge in [-0.3, -0.25) is 25.4 Å². The van der Waals surface area contributed by atoms with Gasteiger partial charge in [-0.1, -0.05) is 25.7 Å². The third-order valence-corrected chi connectivity index (χ3v) is 4.93. The van der Waals surface area contributed by atoms with Crippen LogP contribution in [-0.4, -0.2) is 16.8 Å². The van der Waals surface area contributed by atoms with E-state index in [4.69, 9.17) is 0 Å². The van der Waals surface area contributed by atoms with Gasteiger partial charge in [0.05, 0.1) is 5.41 Å². The second kappa shape index (κ2) is 5.84. The maximum atomic E-state index is 12.5. The maximum Gasteiger partial charge on any atom is 0.269 e. The van der Waals surface area contributed by atoms with E-state index in [0.717, 1.165) is 32.1 Å². The first-order valence-corrected chi connectivity index (χ1v) is 7.70. The van der Waals surface area contributed by atoms with Crippen molar-refractivity contribution in [1.29, 1.82) is 0 Å². The lowest BCUT2D eigenvalue weighted by Crippen LogP contribution is -2.52. The number of fused-ring (bicyclic) bond motifs is 2. The van der Waals surface area contributed by atoms with Crippen molar-refractivity contribution in [3.63, 3.8) is 0 Å². The smallest absolute Gasteiger partial charge is 0.269 e. The van der Waals surface area contributed by atoms with Crippen molar-refractivity contribution in [2.24, 2.45) is 11.3 Å². The fourth-order valence-electron chi connectivity index (χ4n) is 3.83. The molecular weight excluding hydrogens is 266 g/mol. The molecule has 21 heavy (non-hydrogen) atoms.